The van der Waals surface area contributed by atoms with Gasteiger partial charge in [-0.15, -0.1) is 24.8 Å². The molecule has 1 aromatic carbocycles. The summed E-state index contributed by atoms with van der Waals surface area (Å²) < 4.78 is 0. The molecule has 110 valence electrons. The van der Waals surface area contributed by atoms with Gasteiger partial charge in [-0.25, -0.2) is 0 Å². The summed E-state index contributed by atoms with van der Waals surface area (Å²) in [5.41, 5.74) is 1.49. The number of hydrogen-bond acceptors (Lipinski definition) is 3. The first-order valence-electron chi connectivity index (χ1n) is 6.41. The van der Waals surface area contributed by atoms with E-state index in [1.165, 1.54) is 32.1 Å². The molecule has 1 aliphatic carbocycles. The highest BCUT2D eigenvalue weighted by Gasteiger charge is 2.13. The predicted molar refractivity (Wildman–Crippen MR) is 82.7 cm³/mol. The molecule has 0 unspecified atom stereocenters. The molecule has 19 heavy (non-hydrogen) atoms. The molecule has 0 radical (unpaired) electrons. The van der Waals surface area contributed by atoms with Crippen LogP contribution in [-0.4, -0.2) is 16.3 Å². The maximum atomic E-state index is 9.79. The Morgan fingerprint density at radius 3 is 2.32 bits per heavy atom. The molecule has 0 atom stereocenters. The standard InChI is InChI=1S/C14H21NO2.2ClH/c1-10-7-14(17)11(8-13(10)16)9-15-12-5-3-2-4-6-12;;/h7-8,12,15-17H,2-6,9H2,1H3;2*1H. The van der Waals surface area contributed by atoms with Gasteiger partial charge in [0, 0.05) is 18.2 Å². The van der Waals surface area contributed by atoms with Crippen LogP contribution in [0.25, 0.3) is 0 Å². The van der Waals surface area contributed by atoms with Gasteiger partial charge in [0.25, 0.3) is 0 Å². The van der Waals surface area contributed by atoms with Gasteiger partial charge in [-0.1, -0.05) is 19.3 Å². The van der Waals surface area contributed by atoms with Crippen LogP contribution < -0.4 is 5.32 Å². The van der Waals surface area contributed by atoms with Gasteiger partial charge in [0.05, 0.1) is 0 Å². The maximum Gasteiger partial charge on any atom is 0.120 e. The monoisotopic (exact) mass is 307 g/mol. The predicted octanol–water partition coefficient (Wildman–Crippen LogP) is 3.67. The normalized spacial score (nSPS) is 15.4. The summed E-state index contributed by atoms with van der Waals surface area (Å²) in [6, 6.07) is 3.83. The van der Waals surface area contributed by atoms with Crippen LogP contribution in [0.2, 0.25) is 0 Å². The summed E-state index contributed by atoms with van der Waals surface area (Å²) in [7, 11) is 0. The van der Waals surface area contributed by atoms with Crippen molar-refractivity contribution in [2.24, 2.45) is 0 Å². The second kappa shape index (κ2) is 8.51. The number of phenols is 2. The lowest BCUT2D eigenvalue weighted by molar-refractivity contribution is 0.368. The molecule has 1 aliphatic rings. The molecule has 0 heterocycles. The van der Waals surface area contributed by atoms with E-state index < -0.39 is 0 Å². The minimum Gasteiger partial charge on any atom is -0.508 e. The van der Waals surface area contributed by atoms with Crippen molar-refractivity contribution in [1.82, 2.24) is 5.32 Å². The van der Waals surface area contributed by atoms with Crippen LogP contribution in [-0.2, 0) is 6.54 Å². The summed E-state index contributed by atoms with van der Waals surface area (Å²) in [5, 5.41) is 22.9. The van der Waals surface area contributed by atoms with Gasteiger partial charge >= 0.3 is 0 Å². The Kier molecular flexibility index (Phi) is 8.23. The molecule has 5 heteroatoms. The molecular formula is C14H23Cl2NO2. The minimum atomic E-state index is 0. The van der Waals surface area contributed by atoms with Crippen molar-refractivity contribution < 1.29 is 10.2 Å². The lowest BCUT2D eigenvalue weighted by Gasteiger charge is -2.23. The van der Waals surface area contributed by atoms with Gasteiger partial charge in [-0.3, -0.25) is 0 Å². The van der Waals surface area contributed by atoms with Crippen molar-refractivity contribution in [3.8, 4) is 11.5 Å². The van der Waals surface area contributed by atoms with Gasteiger partial charge in [-0.05, 0) is 37.5 Å². The number of aryl methyl sites for hydroxylation is 1. The third-order valence-corrected chi connectivity index (χ3v) is 3.58. The van der Waals surface area contributed by atoms with Crippen LogP contribution in [0.1, 0.15) is 43.2 Å². The fourth-order valence-corrected chi connectivity index (χ4v) is 2.43. The Bertz CT molecular complexity index is 393. The number of aromatic hydroxyl groups is 2. The van der Waals surface area contributed by atoms with E-state index in [-0.39, 0.29) is 36.3 Å². The molecule has 2 rings (SSSR count). The summed E-state index contributed by atoms with van der Waals surface area (Å²) in [6.45, 7) is 2.41. The average Bonchev–Trinajstić information content (AvgIpc) is 2.33. The van der Waals surface area contributed by atoms with Crippen LogP contribution in [0.4, 0.5) is 0 Å². The van der Waals surface area contributed by atoms with Crippen LogP contribution in [0.15, 0.2) is 12.1 Å². The fourth-order valence-electron chi connectivity index (χ4n) is 2.43. The lowest BCUT2D eigenvalue weighted by atomic mass is 9.95. The van der Waals surface area contributed by atoms with Crippen molar-refractivity contribution in [2.75, 3.05) is 0 Å². The molecule has 0 aliphatic heterocycles. The molecule has 3 nitrogen and oxygen atoms in total. The van der Waals surface area contributed by atoms with Crippen molar-refractivity contribution in [2.45, 2.75) is 51.6 Å². The maximum absolute atomic E-state index is 9.79. The third kappa shape index (κ3) is 5.09. The van der Waals surface area contributed by atoms with Crippen molar-refractivity contribution in [1.29, 1.82) is 0 Å². The van der Waals surface area contributed by atoms with Gasteiger partial charge in [0.1, 0.15) is 11.5 Å². The van der Waals surface area contributed by atoms with E-state index in [9.17, 15) is 10.2 Å². The number of hydrogen-bond donors (Lipinski definition) is 3. The number of nitrogens with one attached hydrogen (secondary N) is 1. The molecule has 0 amide bonds. The quantitative estimate of drug-likeness (QED) is 0.747. The number of rotatable bonds is 3. The summed E-state index contributed by atoms with van der Waals surface area (Å²) in [6.07, 6.45) is 6.37. The largest absolute Gasteiger partial charge is 0.508 e. The first kappa shape index (κ1) is 18.4. The Morgan fingerprint density at radius 1 is 1.05 bits per heavy atom. The van der Waals surface area contributed by atoms with Crippen LogP contribution in [0.3, 0.4) is 0 Å². The molecule has 0 bridgehead atoms. The van der Waals surface area contributed by atoms with E-state index in [4.69, 9.17) is 0 Å². The zero-order valence-corrected chi connectivity index (χ0v) is 12.8. The zero-order valence-electron chi connectivity index (χ0n) is 11.2. The number of halogens is 2. The van der Waals surface area contributed by atoms with Crippen LogP contribution in [0, 0.1) is 6.92 Å². The Balaban J connectivity index is 0.00000162. The molecule has 0 saturated heterocycles. The Morgan fingerprint density at radius 2 is 1.68 bits per heavy atom. The van der Waals surface area contributed by atoms with E-state index in [1.807, 2.05) is 0 Å². The van der Waals surface area contributed by atoms with Crippen LogP contribution in [0.5, 0.6) is 11.5 Å². The first-order valence-corrected chi connectivity index (χ1v) is 6.41. The third-order valence-electron chi connectivity index (χ3n) is 3.58. The molecule has 0 aromatic heterocycles. The Hall–Kier alpha value is -0.640. The average molecular weight is 308 g/mol. The second-order valence-electron chi connectivity index (χ2n) is 4.98. The van der Waals surface area contributed by atoms with E-state index in [2.05, 4.69) is 5.32 Å². The number of benzene rings is 1. The first-order chi connectivity index (χ1) is 8.16. The molecular weight excluding hydrogens is 285 g/mol. The van der Waals surface area contributed by atoms with Crippen molar-refractivity contribution >= 4 is 24.8 Å². The van der Waals surface area contributed by atoms with Gasteiger partial charge in [0.2, 0.25) is 0 Å². The Labute approximate surface area is 127 Å². The van der Waals surface area contributed by atoms with Crippen molar-refractivity contribution in [3.05, 3.63) is 23.3 Å². The van der Waals surface area contributed by atoms with E-state index >= 15 is 0 Å². The van der Waals surface area contributed by atoms with Gasteiger partial charge < -0.3 is 15.5 Å². The topological polar surface area (TPSA) is 52.5 Å². The zero-order chi connectivity index (χ0) is 12.3. The molecule has 3 N–H and O–H groups in total. The van der Waals surface area contributed by atoms with E-state index in [0.29, 0.717) is 18.2 Å². The molecule has 1 fully saturated rings. The van der Waals surface area contributed by atoms with Gasteiger partial charge in [-0.2, -0.15) is 0 Å². The smallest absolute Gasteiger partial charge is 0.120 e. The molecule has 1 aromatic rings. The van der Waals surface area contributed by atoms with Crippen molar-refractivity contribution in [3.63, 3.8) is 0 Å². The highest BCUT2D eigenvalue weighted by molar-refractivity contribution is 5.85. The molecule has 1 saturated carbocycles. The lowest BCUT2D eigenvalue weighted by Crippen LogP contribution is -2.30. The summed E-state index contributed by atoms with van der Waals surface area (Å²) >= 11 is 0. The minimum absolute atomic E-state index is 0. The van der Waals surface area contributed by atoms with Crippen LogP contribution >= 0.6 is 24.8 Å². The molecule has 0 spiro atoms. The van der Waals surface area contributed by atoms with E-state index in [0.717, 1.165) is 5.56 Å². The second-order valence-corrected chi connectivity index (χ2v) is 4.98. The SMILES string of the molecule is Cc1cc(O)c(CNC2CCCCC2)cc1O.Cl.Cl. The van der Waals surface area contributed by atoms with Gasteiger partial charge in [0.15, 0.2) is 0 Å². The summed E-state index contributed by atoms with van der Waals surface area (Å²) in [4.78, 5) is 0. The van der Waals surface area contributed by atoms with E-state index in [1.54, 1.807) is 19.1 Å². The highest BCUT2D eigenvalue weighted by atomic mass is 35.5. The highest BCUT2D eigenvalue weighted by Crippen LogP contribution is 2.27. The fraction of sp³-hybridized carbons (Fsp3) is 0.571. The number of phenolic OH excluding ortho intramolecular Hbond substituents is 2. The summed E-state index contributed by atoms with van der Waals surface area (Å²) in [5.74, 6) is 0.520.